The number of H-pyrrole nitrogens is 2. The maximum Gasteiger partial charge on any atom is 0.280 e. The van der Waals surface area contributed by atoms with Crippen LogP contribution in [0.1, 0.15) is 37.4 Å². The van der Waals surface area contributed by atoms with Gasteiger partial charge in [-0.05, 0) is 31.5 Å². The molecule has 0 aliphatic carbocycles. The van der Waals surface area contributed by atoms with Crippen LogP contribution in [0.25, 0.3) is 16.9 Å². The van der Waals surface area contributed by atoms with E-state index in [2.05, 4.69) is 32.2 Å². The second kappa shape index (κ2) is 10.9. The maximum absolute atomic E-state index is 12.9. The standard InChI is InChI=1S/C25H26N6O2S/c1-3-4-10-15-34-25-27-23(32)22(28-29-25)19-13-8-9-14-21(19)26-16-20-17(2)30-31(24(20)33)18-11-6-5-7-12-18/h5-9,11-14,16,30H,3-4,10,15H2,1-2H3,(H,27,29,32). The van der Waals surface area contributed by atoms with Crippen LogP contribution in [0.3, 0.4) is 0 Å². The third-order valence-electron chi connectivity index (χ3n) is 5.29. The van der Waals surface area contributed by atoms with Gasteiger partial charge in [-0.15, -0.1) is 10.2 Å². The number of thioether (sulfide) groups is 1. The molecule has 2 aromatic heterocycles. The van der Waals surface area contributed by atoms with Gasteiger partial charge >= 0.3 is 0 Å². The van der Waals surface area contributed by atoms with Crippen LogP contribution in [0, 0.1) is 6.92 Å². The number of aromatic amines is 2. The van der Waals surface area contributed by atoms with E-state index in [0.29, 0.717) is 27.7 Å². The van der Waals surface area contributed by atoms with Gasteiger partial charge < -0.3 is 0 Å². The van der Waals surface area contributed by atoms with Crippen LogP contribution in [-0.2, 0) is 0 Å². The molecule has 2 aromatic carbocycles. The smallest absolute Gasteiger partial charge is 0.280 e. The molecule has 0 aliphatic heterocycles. The topological polar surface area (TPSA) is 109 Å². The molecule has 0 amide bonds. The summed E-state index contributed by atoms with van der Waals surface area (Å²) in [6, 6.07) is 16.5. The molecule has 4 aromatic rings. The van der Waals surface area contributed by atoms with Crippen LogP contribution in [0.5, 0.6) is 0 Å². The number of rotatable bonds is 9. The van der Waals surface area contributed by atoms with Crippen LogP contribution in [0.15, 0.2) is 74.3 Å². The lowest BCUT2D eigenvalue weighted by molar-refractivity contribution is 0.773. The summed E-state index contributed by atoms with van der Waals surface area (Å²) in [5.41, 5.74) is 2.62. The van der Waals surface area contributed by atoms with Crippen molar-refractivity contribution >= 4 is 23.7 Å². The average Bonchev–Trinajstić information content (AvgIpc) is 3.14. The molecule has 174 valence electrons. The van der Waals surface area contributed by atoms with E-state index in [-0.39, 0.29) is 16.8 Å². The lowest BCUT2D eigenvalue weighted by Crippen LogP contribution is -2.17. The highest BCUT2D eigenvalue weighted by Gasteiger charge is 2.14. The Balaban J connectivity index is 1.62. The van der Waals surface area contributed by atoms with E-state index >= 15 is 0 Å². The third-order valence-corrected chi connectivity index (χ3v) is 6.24. The molecule has 0 radical (unpaired) electrons. The highest BCUT2D eigenvalue weighted by atomic mass is 32.2. The van der Waals surface area contributed by atoms with Gasteiger partial charge in [0, 0.05) is 23.2 Å². The predicted molar refractivity (Wildman–Crippen MR) is 137 cm³/mol. The monoisotopic (exact) mass is 474 g/mol. The minimum absolute atomic E-state index is 0.193. The highest BCUT2D eigenvalue weighted by Crippen LogP contribution is 2.26. The fourth-order valence-electron chi connectivity index (χ4n) is 3.48. The summed E-state index contributed by atoms with van der Waals surface area (Å²) in [7, 11) is 0. The molecule has 0 atom stereocenters. The Labute approximate surface area is 201 Å². The van der Waals surface area contributed by atoms with Crippen LogP contribution >= 0.6 is 11.8 Å². The number of hydrogen-bond donors (Lipinski definition) is 2. The van der Waals surface area contributed by atoms with Gasteiger partial charge in [0.2, 0.25) is 0 Å². The van der Waals surface area contributed by atoms with Crippen molar-refractivity contribution < 1.29 is 0 Å². The van der Waals surface area contributed by atoms with Crippen molar-refractivity contribution in [3.63, 3.8) is 0 Å². The third kappa shape index (κ3) is 5.26. The second-order valence-corrected chi connectivity index (χ2v) is 8.85. The van der Waals surface area contributed by atoms with E-state index < -0.39 is 0 Å². The summed E-state index contributed by atoms with van der Waals surface area (Å²) in [6.45, 7) is 3.97. The number of benzene rings is 2. The zero-order valence-corrected chi connectivity index (χ0v) is 19.9. The molecule has 0 fully saturated rings. The summed E-state index contributed by atoms with van der Waals surface area (Å²) >= 11 is 1.49. The molecule has 0 unspecified atom stereocenters. The first-order valence-electron chi connectivity index (χ1n) is 11.2. The molecule has 0 spiro atoms. The van der Waals surface area contributed by atoms with Gasteiger partial charge in [-0.1, -0.05) is 67.9 Å². The zero-order valence-electron chi connectivity index (χ0n) is 19.1. The molecule has 4 rings (SSSR count). The lowest BCUT2D eigenvalue weighted by Gasteiger charge is -2.05. The summed E-state index contributed by atoms with van der Waals surface area (Å²) in [6.07, 6.45) is 4.87. The molecule has 0 saturated carbocycles. The minimum Gasteiger partial charge on any atom is -0.298 e. The number of aryl methyl sites for hydroxylation is 1. The van der Waals surface area contributed by atoms with E-state index in [0.717, 1.165) is 30.7 Å². The number of nitrogens with one attached hydrogen (secondary N) is 2. The van der Waals surface area contributed by atoms with Crippen LogP contribution in [-0.4, -0.2) is 36.9 Å². The zero-order chi connectivity index (χ0) is 23.9. The molecule has 0 saturated heterocycles. The van der Waals surface area contributed by atoms with Crippen LogP contribution in [0.4, 0.5) is 5.69 Å². The molecule has 0 aliphatic rings. The molecular weight excluding hydrogens is 448 g/mol. The van der Waals surface area contributed by atoms with E-state index in [9.17, 15) is 9.59 Å². The van der Waals surface area contributed by atoms with Crippen LogP contribution in [0.2, 0.25) is 0 Å². The summed E-state index contributed by atoms with van der Waals surface area (Å²) < 4.78 is 1.48. The number of para-hydroxylation sites is 2. The first-order valence-corrected chi connectivity index (χ1v) is 12.2. The molecular formula is C25H26N6O2S. The quantitative estimate of drug-likeness (QED) is 0.208. The Morgan fingerprint density at radius 1 is 1.03 bits per heavy atom. The predicted octanol–water partition coefficient (Wildman–Crippen LogP) is 4.65. The molecule has 2 heterocycles. The largest absolute Gasteiger partial charge is 0.298 e. The highest BCUT2D eigenvalue weighted by molar-refractivity contribution is 7.99. The Morgan fingerprint density at radius 3 is 2.56 bits per heavy atom. The van der Waals surface area contributed by atoms with Gasteiger partial charge in [0.1, 0.15) is 0 Å². The summed E-state index contributed by atoms with van der Waals surface area (Å²) in [4.78, 5) is 33.0. The van der Waals surface area contributed by atoms with Gasteiger partial charge in [0.05, 0.1) is 16.9 Å². The van der Waals surface area contributed by atoms with Gasteiger partial charge in [-0.25, -0.2) is 4.68 Å². The van der Waals surface area contributed by atoms with Crippen molar-refractivity contribution in [3.8, 4) is 16.9 Å². The Morgan fingerprint density at radius 2 is 1.79 bits per heavy atom. The minimum atomic E-state index is -0.320. The molecule has 9 heteroatoms. The number of nitrogens with zero attached hydrogens (tertiary/aromatic N) is 4. The molecule has 0 bridgehead atoms. The van der Waals surface area contributed by atoms with Gasteiger partial charge in [0.25, 0.3) is 11.1 Å². The Kier molecular flexibility index (Phi) is 7.54. The van der Waals surface area contributed by atoms with Crippen molar-refractivity contribution in [1.82, 2.24) is 25.0 Å². The second-order valence-electron chi connectivity index (χ2n) is 7.77. The maximum atomic E-state index is 12.9. The lowest BCUT2D eigenvalue weighted by atomic mass is 10.1. The van der Waals surface area contributed by atoms with Gasteiger partial charge in [0.15, 0.2) is 10.9 Å². The molecule has 34 heavy (non-hydrogen) atoms. The van der Waals surface area contributed by atoms with Crippen molar-refractivity contribution in [2.24, 2.45) is 4.99 Å². The van der Waals surface area contributed by atoms with Crippen LogP contribution < -0.4 is 11.1 Å². The Bertz CT molecular complexity index is 1400. The average molecular weight is 475 g/mol. The molecule has 8 nitrogen and oxygen atoms in total. The Hall–Kier alpha value is -3.72. The first-order chi connectivity index (χ1) is 16.6. The van der Waals surface area contributed by atoms with Crippen molar-refractivity contribution in [1.29, 1.82) is 0 Å². The number of hydrogen-bond acceptors (Lipinski definition) is 6. The normalized spacial score (nSPS) is 11.4. The van der Waals surface area contributed by atoms with E-state index in [1.807, 2.05) is 49.4 Å². The summed E-state index contributed by atoms with van der Waals surface area (Å²) in [5.74, 6) is 0.884. The number of aromatic nitrogens is 5. The fraction of sp³-hybridized carbons (Fsp3) is 0.240. The fourth-order valence-corrected chi connectivity index (χ4v) is 4.28. The first kappa shape index (κ1) is 23.4. The van der Waals surface area contributed by atoms with Crippen molar-refractivity contribution in [3.05, 3.63) is 86.6 Å². The van der Waals surface area contributed by atoms with Gasteiger partial charge in [-0.3, -0.25) is 24.7 Å². The van der Waals surface area contributed by atoms with Gasteiger partial charge in [-0.2, -0.15) is 0 Å². The van der Waals surface area contributed by atoms with Crippen molar-refractivity contribution in [2.45, 2.75) is 38.3 Å². The molecule has 2 N–H and O–H groups in total. The summed E-state index contributed by atoms with van der Waals surface area (Å²) in [5, 5.41) is 12.0. The number of unbranched alkanes of at least 4 members (excludes halogenated alkanes) is 2. The van der Waals surface area contributed by atoms with E-state index in [1.54, 1.807) is 12.1 Å². The van der Waals surface area contributed by atoms with E-state index in [4.69, 9.17) is 0 Å². The van der Waals surface area contributed by atoms with Crippen molar-refractivity contribution in [2.75, 3.05) is 5.75 Å². The number of aliphatic imine (C=N–C) groups is 1. The SMILES string of the molecule is CCCCCSc1nnc(-c2ccccc2N=Cc2c(C)[nH]n(-c3ccccc3)c2=O)c(=O)[nH]1. The van der Waals surface area contributed by atoms with E-state index in [1.165, 1.54) is 22.7 Å².